The molecule has 0 saturated carbocycles. The van der Waals surface area contributed by atoms with Crippen LogP contribution in [0.3, 0.4) is 0 Å². The Kier molecular flexibility index (Phi) is 4.72. The van der Waals surface area contributed by atoms with Gasteiger partial charge in [-0.1, -0.05) is 0 Å². The molecule has 2 N–H and O–H groups in total. The summed E-state index contributed by atoms with van der Waals surface area (Å²) >= 11 is 4.98. The van der Waals surface area contributed by atoms with Gasteiger partial charge in [-0.2, -0.15) is 0 Å². The number of rotatable bonds is 5. The molecule has 1 atom stereocenters. The van der Waals surface area contributed by atoms with E-state index in [0.29, 0.717) is 12.8 Å². The quantitative estimate of drug-likeness (QED) is 0.824. The maximum Gasteiger partial charge on any atom is 0.150 e. The summed E-state index contributed by atoms with van der Waals surface area (Å²) in [5.41, 5.74) is -0.753. The fourth-order valence-electron chi connectivity index (χ4n) is 2.61. The van der Waals surface area contributed by atoms with Crippen molar-refractivity contribution in [1.82, 2.24) is 0 Å². The minimum absolute atomic E-state index is 0.0666. The van der Waals surface area contributed by atoms with Crippen LogP contribution in [0.2, 0.25) is 0 Å². The van der Waals surface area contributed by atoms with E-state index in [1.165, 1.54) is 0 Å². The van der Waals surface area contributed by atoms with Crippen LogP contribution in [-0.4, -0.2) is 43.4 Å². The van der Waals surface area contributed by atoms with Gasteiger partial charge in [-0.25, -0.2) is 8.42 Å². The van der Waals surface area contributed by atoms with Crippen LogP contribution in [0.1, 0.15) is 11.3 Å². The van der Waals surface area contributed by atoms with Crippen LogP contribution in [-0.2, 0) is 16.3 Å². The molecule has 1 aliphatic rings. The predicted octanol–water partition coefficient (Wildman–Crippen LogP) is 1.46. The fourth-order valence-corrected chi connectivity index (χ4v) is 6.20. The maximum atomic E-state index is 11.6. The second-order valence-electron chi connectivity index (χ2n) is 5.15. The Balaban J connectivity index is 2.25. The lowest BCUT2D eigenvalue weighted by Gasteiger charge is -2.35. The molecule has 1 aliphatic heterocycles. The smallest absolute Gasteiger partial charge is 0.150 e. The van der Waals surface area contributed by atoms with Gasteiger partial charge < -0.3 is 10.2 Å². The van der Waals surface area contributed by atoms with Gasteiger partial charge in [-0.3, -0.25) is 0 Å². The van der Waals surface area contributed by atoms with Crippen LogP contribution in [0.15, 0.2) is 15.9 Å². The van der Waals surface area contributed by atoms with Crippen molar-refractivity contribution in [2.75, 3.05) is 24.7 Å². The topological polar surface area (TPSA) is 74.6 Å². The van der Waals surface area contributed by atoms with Crippen LogP contribution >= 0.6 is 27.3 Å². The van der Waals surface area contributed by atoms with E-state index < -0.39 is 15.3 Å². The van der Waals surface area contributed by atoms with Crippen molar-refractivity contribution < 1.29 is 18.6 Å². The highest BCUT2D eigenvalue weighted by Crippen LogP contribution is 2.40. The third kappa shape index (κ3) is 3.21. The first kappa shape index (κ1) is 15.4. The number of hydrogen-bond donors (Lipinski definition) is 2. The number of sulfone groups is 1. The monoisotopic (exact) mass is 368 g/mol. The van der Waals surface area contributed by atoms with Crippen molar-refractivity contribution in [1.29, 1.82) is 0 Å². The SMILES string of the molecule is O=S1(=O)CCC(C(CO)(CO)Cc2sccc2Br)C1. The summed E-state index contributed by atoms with van der Waals surface area (Å²) in [6.07, 6.45) is 1.02. The first-order chi connectivity index (χ1) is 8.92. The molecule has 19 heavy (non-hydrogen) atoms. The van der Waals surface area contributed by atoms with Crippen LogP contribution in [0, 0.1) is 11.3 Å². The molecular formula is C12H17BrO4S2. The lowest BCUT2D eigenvalue weighted by atomic mass is 9.73. The van der Waals surface area contributed by atoms with Crippen LogP contribution in [0.25, 0.3) is 0 Å². The van der Waals surface area contributed by atoms with E-state index in [4.69, 9.17) is 0 Å². The summed E-state index contributed by atoms with van der Waals surface area (Å²) in [5.74, 6) is 0.0452. The Morgan fingerprint density at radius 1 is 1.42 bits per heavy atom. The largest absolute Gasteiger partial charge is 0.396 e. The van der Waals surface area contributed by atoms with Crippen molar-refractivity contribution >= 4 is 37.1 Å². The van der Waals surface area contributed by atoms with E-state index in [9.17, 15) is 18.6 Å². The average molecular weight is 369 g/mol. The number of aliphatic hydroxyl groups is 2. The normalized spacial score (nSPS) is 22.8. The molecule has 1 saturated heterocycles. The minimum atomic E-state index is -3.02. The van der Waals surface area contributed by atoms with E-state index >= 15 is 0 Å². The molecule has 1 aromatic rings. The molecular weight excluding hydrogens is 352 g/mol. The third-order valence-electron chi connectivity index (χ3n) is 3.93. The lowest BCUT2D eigenvalue weighted by Crippen LogP contribution is -2.40. The Hall–Kier alpha value is 0.0500. The van der Waals surface area contributed by atoms with Crippen molar-refractivity contribution in [3.63, 3.8) is 0 Å². The van der Waals surface area contributed by atoms with Crippen molar-refractivity contribution in [2.24, 2.45) is 11.3 Å². The highest BCUT2D eigenvalue weighted by atomic mass is 79.9. The molecule has 4 nitrogen and oxygen atoms in total. The second-order valence-corrected chi connectivity index (χ2v) is 9.23. The third-order valence-corrected chi connectivity index (χ3v) is 7.63. The van der Waals surface area contributed by atoms with Gasteiger partial charge in [0.15, 0.2) is 9.84 Å². The first-order valence-electron chi connectivity index (χ1n) is 6.06. The van der Waals surface area contributed by atoms with E-state index in [-0.39, 0.29) is 30.6 Å². The number of thiophene rings is 1. The van der Waals surface area contributed by atoms with Crippen molar-refractivity contribution in [2.45, 2.75) is 12.8 Å². The van der Waals surface area contributed by atoms with Gasteiger partial charge in [0.1, 0.15) is 0 Å². The molecule has 0 amide bonds. The van der Waals surface area contributed by atoms with Gasteiger partial charge in [0, 0.05) is 14.8 Å². The Morgan fingerprint density at radius 2 is 2.11 bits per heavy atom. The lowest BCUT2D eigenvalue weighted by molar-refractivity contribution is 0.0130. The molecule has 0 aromatic carbocycles. The molecule has 1 fully saturated rings. The molecule has 108 valence electrons. The van der Waals surface area contributed by atoms with Crippen LogP contribution in [0.5, 0.6) is 0 Å². The van der Waals surface area contributed by atoms with Crippen LogP contribution in [0.4, 0.5) is 0 Å². The molecule has 1 unspecified atom stereocenters. The molecule has 2 rings (SSSR count). The summed E-state index contributed by atoms with van der Waals surface area (Å²) in [4.78, 5) is 1.03. The maximum absolute atomic E-state index is 11.6. The summed E-state index contributed by atoms with van der Waals surface area (Å²) in [6, 6.07) is 1.92. The standard InChI is InChI=1S/C12H17BrO4S2/c13-10-1-3-18-11(10)5-12(7-14,8-15)9-2-4-19(16,17)6-9/h1,3,9,14-15H,2,4-8H2. The molecule has 0 spiro atoms. The van der Waals surface area contributed by atoms with Crippen molar-refractivity contribution in [3.05, 3.63) is 20.8 Å². The second kappa shape index (κ2) is 5.81. The molecule has 0 aliphatic carbocycles. The zero-order valence-electron chi connectivity index (χ0n) is 10.4. The zero-order chi connectivity index (χ0) is 14.1. The van der Waals surface area contributed by atoms with E-state index in [1.54, 1.807) is 11.3 Å². The van der Waals surface area contributed by atoms with Gasteiger partial charge in [0.25, 0.3) is 0 Å². The molecule has 2 heterocycles. The van der Waals surface area contributed by atoms with E-state index in [1.807, 2.05) is 11.4 Å². The molecule has 1 aromatic heterocycles. The molecule has 0 radical (unpaired) electrons. The highest BCUT2D eigenvalue weighted by Gasteiger charge is 2.44. The zero-order valence-corrected chi connectivity index (χ0v) is 13.6. The Bertz CT molecular complexity index is 534. The summed E-state index contributed by atoms with van der Waals surface area (Å²) in [7, 11) is -3.02. The first-order valence-corrected chi connectivity index (χ1v) is 9.56. The predicted molar refractivity (Wildman–Crippen MR) is 79.1 cm³/mol. The van der Waals surface area contributed by atoms with E-state index in [0.717, 1.165) is 9.35 Å². The summed E-state index contributed by atoms with van der Waals surface area (Å²) < 4.78 is 24.2. The number of aliphatic hydroxyl groups excluding tert-OH is 2. The Morgan fingerprint density at radius 3 is 2.53 bits per heavy atom. The van der Waals surface area contributed by atoms with Crippen LogP contribution < -0.4 is 0 Å². The minimum Gasteiger partial charge on any atom is -0.396 e. The molecule has 7 heteroatoms. The summed E-state index contributed by atoms with van der Waals surface area (Å²) in [6.45, 7) is -0.401. The van der Waals surface area contributed by atoms with Gasteiger partial charge in [-0.05, 0) is 46.1 Å². The number of halogens is 1. The van der Waals surface area contributed by atoms with Gasteiger partial charge in [-0.15, -0.1) is 11.3 Å². The summed E-state index contributed by atoms with van der Waals surface area (Å²) in [5, 5.41) is 21.4. The Labute approximate surface area is 125 Å². The van der Waals surface area contributed by atoms with Gasteiger partial charge in [0.2, 0.25) is 0 Å². The molecule has 0 bridgehead atoms. The van der Waals surface area contributed by atoms with Gasteiger partial charge >= 0.3 is 0 Å². The number of hydrogen-bond acceptors (Lipinski definition) is 5. The van der Waals surface area contributed by atoms with E-state index in [2.05, 4.69) is 15.9 Å². The fraction of sp³-hybridized carbons (Fsp3) is 0.667. The van der Waals surface area contributed by atoms with Gasteiger partial charge in [0.05, 0.1) is 24.7 Å². The van der Waals surface area contributed by atoms with Crippen molar-refractivity contribution in [3.8, 4) is 0 Å². The highest BCUT2D eigenvalue weighted by molar-refractivity contribution is 9.10. The average Bonchev–Trinajstić information content (AvgIpc) is 2.93.